The Labute approximate surface area is 129 Å². The van der Waals surface area contributed by atoms with E-state index >= 15 is 0 Å². The van der Waals surface area contributed by atoms with Crippen LogP contribution < -0.4 is 0 Å². The van der Waals surface area contributed by atoms with Gasteiger partial charge in [-0.05, 0) is 32.6 Å². The fraction of sp³-hybridized carbons (Fsp3) is 0.846. The maximum Gasteiger partial charge on any atom is 0.522 e. The maximum atomic E-state index is 10.7. The Balaban J connectivity index is 0. The average molecular weight is 350 g/mol. The molecule has 1 aliphatic rings. The lowest BCUT2D eigenvalue weighted by Crippen LogP contribution is -2.21. The SMILES string of the molecule is C=CCCC1CCCC1.CC(C)(O)O.O=S(=O)(O)C(F)(F)F. The van der Waals surface area contributed by atoms with Crippen LogP contribution >= 0.6 is 0 Å². The van der Waals surface area contributed by atoms with Gasteiger partial charge >= 0.3 is 15.6 Å². The summed E-state index contributed by atoms with van der Waals surface area (Å²) in [6.07, 6.45) is 10.6. The van der Waals surface area contributed by atoms with E-state index in [1.54, 1.807) is 0 Å². The quantitative estimate of drug-likeness (QED) is 0.314. The van der Waals surface area contributed by atoms with Gasteiger partial charge in [-0.1, -0.05) is 31.8 Å². The van der Waals surface area contributed by atoms with Crippen LogP contribution in [0.4, 0.5) is 13.2 Å². The van der Waals surface area contributed by atoms with Gasteiger partial charge < -0.3 is 10.2 Å². The lowest BCUT2D eigenvalue weighted by Gasteiger charge is -2.03. The zero-order chi connectivity index (χ0) is 18.0. The first-order valence-corrected chi connectivity index (χ1v) is 8.22. The first kappa shape index (κ1) is 23.6. The number of halogens is 3. The number of hydrogen-bond donors (Lipinski definition) is 3. The molecule has 0 unspecified atom stereocenters. The molecule has 1 fully saturated rings. The highest BCUT2D eigenvalue weighted by atomic mass is 32.2. The van der Waals surface area contributed by atoms with Crippen molar-refractivity contribution >= 4 is 10.1 Å². The van der Waals surface area contributed by atoms with Crippen LogP contribution in [-0.4, -0.2) is 34.5 Å². The van der Waals surface area contributed by atoms with Crippen LogP contribution in [0.15, 0.2) is 12.7 Å². The van der Waals surface area contributed by atoms with E-state index in [2.05, 4.69) is 6.58 Å². The molecule has 9 heteroatoms. The van der Waals surface area contributed by atoms with Crippen LogP contribution in [0.2, 0.25) is 0 Å². The monoisotopic (exact) mass is 350 g/mol. The molecule has 0 aromatic rings. The Hall–Kier alpha value is -0.640. The highest BCUT2D eigenvalue weighted by Crippen LogP contribution is 2.28. The Kier molecular flexibility index (Phi) is 10.9. The standard InChI is InChI=1S/C9H16.C3H8O2.CHF3O3S/c1-2-3-6-9-7-4-5-8-9;1-3(2,4)5;2-1(3,4)8(5,6)7/h2,9H,1,3-8H2;4-5H,1-2H3;(H,5,6,7). The van der Waals surface area contributed by atoms with E-state index in [0.29, 0.717) is 0 Å². The number of rotatable bonds is 3. The zero-order valence-corrected chi connectivity index (χ0v) is 13.6. The molecule has 3 N–H and O–H groups in total. The summed E-state index contributed by atoms with van der Waals surface area (Å²) in [6, 6.07) is 0. The second-order valence-corrected chi connectivity index (χ2v) is 6.84. The van der Waals surface area contributed by atoms with Gasteiger partial charge in [0.2, 0.25) is 0 Å². The predicted molar refractivity (Wildman–Crippen MR) is 77.5 cm³/mol. The molecular formula is C13H25F3O5S. The van der Waals surface area contributed by atoms with Crippen molar-refractivity contribution in [1.29, 1.82) is 0 Å². The van der Waals surface area contributed by atoms with Gasteiger partial charge in [-0.2, -0.15) is 21.6 Å². The van der Waals surface area contributed by atoms with Gasteiger partial charge in [0.05, 0.1) is 0 Å². The molecule has 22 heavy (non-hydrogen) atoms. The Bertz CT molecular complexity index is 387. The Morgan fingerprint density at radius 1 is 1.18 bits per heavy atom. The van der Waals surface area contributed by atoms with Crippen molar-refractivity contribution in [2.24, 2.45) is 5.92 Å². The van der Waals surface area contributed by atoms with Gasteiger partial charge in [-0.15, -0.1) is 6.58 Å². The minimum absolute atomic E-state index is 1.04. The van der Waals surface area contributed by atoms with Crippen LogP contribution in [0.1, 0.15) is 52.4 Å². The number of aliphatic hydroxyl groups is 2. The van der Waals surface area contributed by atoms with E-state index in [4.69, 9.17) is 23.2 Å². The molecule has 0 bridgehead atoms. The molecule has 0 amide bonds. The summed E-state index contributed by atoms with van der Waals surface area (Å²) < 4.78 is 57.5. The Morgan fingerprint density at radius 3 is 1.73 bits per heavy atom. The van der Waals surface area contributed by atoms with E-state index < -0.39 is 21.4 Å². The third-order valence-corrected chi connectivity index (χ3v) is 3.13. The van der Waals surface area contributed by atoms with Gasteiger partial charge in [-0.3, -0.25) is 4.55 Å². The van der Waals surface area contributed by atoms with Crippen LogP contribution in [-0.2, 0) is 10.1 Å². The van der Waals surface area contributed by atoms with Crippen molar-refractivity contribution < 1.29 is 36.4 Å². The lowest BCUT2D eigenvalue weighted by molar-refractivity contribution is -0.127. The van der Waals surface area contributed by atoms with E-state index in [1.165, 1.54) is 52.4 Å². The molecule has 0 spiro atoms. The van der Waals surface area contributed by atoms with Crippen LogP contribution in [0, 0.1) is 5.92 Å². The first-order chi connectivity index (χ1) is 9.68. The van der Waals surface area contributed by atoms with Crippen molar-refractivity contribution in [2.45, 2.75) is 63.7 Å². The molecule has 0 aromatic carbocycles. The summed E-state index contributed by atoms with van der Waals surface area (Å²) in [5.74, 6) is -0.456. The minimum Gasteiger partial charge on any atom is -0.366 e. The molecule has 0 aromatic heterocycles. The van der Waals surface area contributed by atoms with Crippen LogP contribution in [0.25, 0.3) is 0 Å². The largest absolute Gasteiger partial charge is 0.522 e. The van der Waals surface area contributed by atoms with E-state index in [0.717, 1.165) is 5.92 Å². The molecular weight excluding hydrogens is 325 g/mol. The molecule has 5 nitrogen and oxygen atoms in total. The fourth-order valence-electron chi connectivity index (χ4n) is 1.65. The molecule has 0 aliphatic heterocycles. The van der Waals surface area contributed by atoms with Crippen LogP contribution in [0.3, 0.4) is 0 Å². The molecule has 1 rings (SSSR count). The third kappa shape index (κ3) is 17.4. The molecule has 0 heterocycles. The van der Waals surface area contributed by atoms with Crippen molar-refractivity contribution in [1.82, 2.24) is 0 Å². The molecule has 134 valence electrons. The van der Waals surface area contributed by atoms with E-state index in [-0.39, 0.29) is 0 Å². The summed E-state index contributed by atoms with van der Waals surface area (Å²) in [6.45, 7) is 6.32. The second kappa shape index (κ2) is 10.2. The Morgan fingerprint density at radius 2 is 1.50 bits per heavy atom. The molecule has 0 saturated heterocycles. The number of allylic oxidation sites excluding steroid dienone is 1. The lowest BCUT2D eigenvalue weighted by atomic mass is 10.0. The fourth-order valence-corrected chi connectivity index (χ4v) is 1.65. The summed E-state index contributed by atoms with van der Waals surface area (Å²) in [5.41, 5.74) is -5.53. The highest BCUT2D eigenvalue weighted by Gasteiger charge is 2.44. The second-order valence-electron chi connectivity index (χ2n) is 5.43. The highest BCUT2D eigenvalue weighted by molar-refractivity contribution is 7.86. The predicted octanol–water partition coefficient (Wildman–Crippen LogP) is 3.24. The summed E-state index contributed by atoms with van der Waals surface area (Å²) >= 11 is 0. The molecule has 1 aliphatic carbocycles. The first-order valence-electron chi connectivity index (χ1n) is 6.78. The minimum atomic E-state index is -5.84. The summed E-state index contributed by atoms with van der Waals surface area (Å²) in [7, 11) is -5.84. The summed E-state index contributed by atoms with van der Waals surface area (Å²) in [4.78, 5) is 0. The van der Waals surface area contributed by atoms with Crippen molar-refractivity contribution in [3.63, 3.8) is 0 Å². The van der Waals surface area contributed by atoms with Gasteiger partial charge in [0.25, 0.3) is 0 Å². The van der Waals surface area contributed by atoms with Crippen LogP contribution in [0.5, 0.6) is 0 Å². The van der Waals surface area contributed by atoms with E-state index in [1.807, 2.05) is 6.08 Å². The molecule has 1 saturated carbocycles. The average Bonchev–Trinajstić information content (AvgIpc) is 2.74. The van der Waals surface area contributed by atoms with E-state index in [9.17, 15) is 13.2 Å². The normalized spacial score (nSPS) is 16.2. The molecule has 0 atom stereocenters. The topological polar surface area (TPSA) is 94.8 Å². The molecule has 0 radical (unpaired) electrons. The zero-order valence-electron chi connectivity index (χ0n) is 12.8. The van der Waals surface area contributed by atoms with Gasteiger partial charge in [-0.25, -0.2) is 0 Å². The van der Waals surface area contributed by atoms with Gasteiger partial charge in [0.1, 0.15) is 0 Å². The third-order valence-electron chi connectivity index (χ3n) is 2.55. The maximum absolute atomic E-state index is 10.7. The summed E-state index contributed by atoms with van der Waals surface area (Å²) in [5, 5.41) is 16.2. The van der Waals surface area contributed by atoms with Crippen molar-refractivity contribution in [2.75, 3.05) is 0 Å². The van der Waals surface area contributed by atoms with Gasteiger partial charge in [0.15, 0.2) is 5.79 Å². The number of alkyl halides is 3. The smallest absolute Gasteiger partial charge is 0.366 e. The number of hydrogen-bond acceptors (Lipinski definition) is 4. The van der Waals surface area contributed by atoms with Crippen molar-refractivity contribution in [3.8, 4) is 0 Å². The van der Waals surface area contributed by atoms with Gasteiger partial charge in [0, 0.05) is 0 Å². The van der Waals surface area contributed by atoms with Crippen molar-refractivity contribution in [3.05, 3.63) is 12.7 Å².